The fourth-order valence-electron chi connectivity index (χ4n) is 1.02. The monoisotopic (exact) mass is 182 g/mol. The predicted molar refractivity (Wildman–Crippen MR) is 48.2 cm³/mol. The first-order chi connectivity index (χ1) is 5.96. The Morgan fingerprint density at radius 2 is 2.23 bits per heavy atom. The number of hydrogen-bond donors (Lipinski definition) is 1. The molecule has 0 fully saturated rings. The molecule has 1 aromatic rings. The van der Waals surface area contributed by atoms with Crippen molar-refractivity contribution in [3.63, 3.8) is 0 Å². The molecule has 0 aliphatic heterocycles. The maximum absolute atomic E-state index is 11.7. The van der Waals surface area contributed by atoms with Crippen molar-refractivity contribution in [1.82, 2.24) is 9.78 Å². The molecule has 0 aliphatic carbocycles. The summed E-state index contributed by atoms with van der Waals surface area (Å²) in [7, 11) is 0. The molecule has 13 heavy (non-hydrogen) atoms. The Morgan fingerprint density at radius 3 is 2.69 bits per heavy atom. The minimum absolute atomic E-state index is 0.0148. The average molecular weight is 182 g/mol. The van der Waals surface area contributed by atoms with E-state index in [1.807, 2.05) is 20.8 Å². The standard InChI is InChI=1S/C9H14N2O2/c1-9(2,3)8(13)7-4-5-10-11(7)6-12/h4-5,12H,6H2,1-3H3. The van der Waals surface area contributed by atoms with Gasteiger partial charge in [0.25, 0.3) is 0 Å². The van der Waals surface area contributed by atoms with Crippen LogP contribution in [0.3, 0.4) is 0 Å². The van der Waals surface area contributed by atoms with Crippen molar-refractivity contribution in [1.29, 1.82) is 0 Å². The number of nitrogens with zero attached hydrogens (tertiary/aromatic N) is 2. The first-order valence-corrected chi connectivity index (χ1v) is 4.14. The van der Waals surface area contributed by atoms with Crippen molar-refractivity contribution in [3.05, 3.63) is 18.0 Å². The Bertz CT molecular complexity index is 310. The summed E-state index contributed by atoms with van der Waals surface area (Å²) in [6.45, 7) is 5.25. The first-order valence-electron chi connectivity index (χ1n) is 4.14. The van der Waals surface area contributed by atoms with Crippen LogP contribution in [0.4, 0.5) is 0 Å². The maximum Gasteiger partial charge on any atom is 0.186 e. The van der Waals surface area contributed by atoms with Crippen LogP contribution in [0.1, 0.15) is 31.3 Å². The summed E-state index contributed by atoms with van der Waals surface area (Å²) in [4.78, 5) is 11.7. The van der Waals surface area contributed by atoms with Crippen LogP contribution in [0.2, 0.25) is 0 Å². The van der Waals surface area contributed by atoms with Gasteiger partial charge in [-0.25, -0.2) is 4.68 Å². The van der Waals surface area contributed by atoms with Crippen molar-refractivity contribution in [2.24, 2.45) is 5.41 Å². The highest BCUT2D eigenvalue weighted by molar-refractivity contribution is 5.98. The summed E-state index contributed by atoms with van der Waals surface area (Å²) in [6.07, 6.45) is 1.51. The molecule has 72 valence electrons. The van der Waals surface area contributed by atoms with Gasteiger partial charge < -0.3 is 5.11 Å². The summed E-state index contributed by atoms with van der Waals surface area (Å²) in [5.41, 5.74) is 0.0162. The van der Waals surface area contributed by atoms with Gasteiger partial charge in [0.1, 0.15) is 12.4 Å². The number of aromatic nitrogens is 2. The third kappa shape index (κ3) is 1.95. The molecule has 0 aliphatic rings. The lowest BCUT2D eigenvalue weighted by atomic mass is 9.89. The van der Waals surface area contributed by atoms with E-state index in [9.17, 15) is 4.79 Å². The van der Waals surface area contributed by atoms with Crippen LogP contribution in [-0.4, -0.2) is 20.7 Å². The molecular formula is C9H14N2O2. The lowest BCUT2D eigenvalue weighted by Crippen LogP contribution is -2.23. The normalized spacial score (nSPS) is 11.7. The molecule has 0 bridgehead atoms. The third-order valence-corrected chi connectivity index (χ3v) is 1.76. The Balaban J connectivity index is 3.02. The predicted octanol–water partition coefficient (Wildman–Crippen LogP) is 1.06. The lowest BCUT2D eigenvalue weighted by Gasteiger charge is -2.16. The highest BCUT2D eigenvalue weighted by Gasteiger charge is 2.25. The van der Waals surface area contributed by atoms with Crippen LogP contribution in [0.15, 0.2) is 12.3 Å². The number of ketones is 1. The van der Waals surface area contributed by atoms with Gasteiger partial charge in [-0.1, -0.05) is 20.8 Å². The lowest BCUT2D eigenvalue weighted by molar-refractivity contribution is 0.0832. The van der Waals surface area contributed by atoms with Gasteiger partial charge in [0, 0.05) is 11.6 Å². The summed E-state index contributed by atoms with van der Waals surface area (Å²) >= 11 is 0. The van der Waals surface area contributed by atoms with Gasteiger partial charge in [-0.15, -0.1) is 0 Å². The number of hydrogen-bond acceptors (Lipinski definition) is 3. The number of aliphatic hydroxyl groups excluding tert-OH is 1. The van der Waals surface area contributed by atoms with Gasteiger partial charge in [-0.05, 0) is 6.07 Å². The third-order valence-electron chi connectivity index (χ3n) is 1.76. The summed E-state index contributed by atoms with van der Waals surface area (Å²) in [5.74, 6) is -0.0148. The fraction of sp³-hybridized carbons (Fsp3) is 0.556. The van der Waals surface area contributed by atoms with E-state index in [2.05, 4.69) is 5.10 Å². The molecule has 0 saturated heterocycles. The van der Waals surface area contributed by atoms with Crippen LogP contribution in [0.5, 0.6) is 0 Å². The molecule has 1 aromatic heterocycles. The molecule has 0 atom stereocenters. The number of aliphatic hydroxyl groups is 1. The molecule has 4 nitrogen and oxygen atoms in total. The highest BCUT2D eigenvalue weighted by atomic mass is 16.3. The van der Waals surface area contributed by atoms with E-state index in [0.717, 1.165) is 0 Å². The van der Waals surface area contributed by atoms with E-state index in [4.69, 9.17) is 5.11 Å². The quantitative estimate of drug-likeness (QED) is 0.696. The van der Waals surface area contributed by atoms with Crippen molar-refractivity contribution >= 4 is 5.78 Å². The van der Waals surface area contributed by atoms with Crippen LogP contribution in [-0.2, 0) is 6.73 Å². The van der Waals surface area contributed by atoms with Crippen LogP contribution in [0, 0.1) is 5.41 Å². The molecule has 1 rings (SSSR count). The second-order valence-electron chi connectivity index (χ2n) is 3.94. The van der Waals surface area contributed by atoms with Crippen molar-refractivity contribution in [3.8, 4) is 0 Å². The molecular weight excluding hydrogens is 168 g/mol. The SMILES string of the molecule is CC(C)(C)C(=O)c1ccnn1CO. The van der Waals surface area contributed by atoms with Gasteiger partial charge in [-0.2, -0.15) is 5.10 Å². The Hall–Kier alpha value is -1.16. The minimum Gasteiger partial charge on any atom is -0.374 e. The molecule has 0 radical (unpaired) electrons. The van der Waals surface area contributed by atoms with Gasteiger partial charge in [0.15, 0.2) is 5.78 Å². The molecule has 0 spiro atoms. The van der Waals surface area contributed by atoms with Crippen molar-refractivity contribution < 1.29 is 9.90 Å². The van der Waals surface area contributed by atoms with E-state index in [0.29, 0.717) is 5.69 Å². The zero-order chi connectivity index (χ0) is 10.1. The topological polar surface area (TPSA) is 55.1 Å². The van der Waals surface area contributed by atoms with E-state index >= 15 is 0 Å². The zero-order valence-electron chi connectivity index (χ0n) is 8.11. The number of Topliss-reactive ketones (excluding diaryl/α,β-unsaturated/α-hetero) is 1. The molecule has 0 unspecified atom stereocenters. The van der Waals surface area contributed by atoms with Crippen LogP contribution < -0.4 is 0 Å². The summed E-state index contributed by atoms with van der Waals surface area (Å²) in [6, 6.07) is 1.61. The molecule has 4 heteroatoms. The largest absolute Gasteiger partial charge is 0.374 e. The number of carbonyl (C=O) groups is 1. The second kappa shape index (κ2) is 3.30. The average Bonchev–Trinajstić information content (AvgIpc) is 2.48. The minimum atomic E-state index is -0.438. The maximum atomic E-state index is 11.7. The van der Waals surface area contributed by atoms with E-state index in [-0.39, 0.29) is 12.5 Å². The van der Waals surface area contributed by atoms with Gasteiger partial charge in [-0.3, -0.25) is 4.79 Å². The number of rotatable bonds is 2. The van der Waals surface area contributed by atoms with Gasteiger partial charge in [0.2, 0.25) is 0 Å². The van der Waals surface area contributed by atoms with Gasteiger partial charge in [0.05, 0.1) is 0 Å². The van der Waals surface area contributed by atoms with E-state index < -0.39 is 5.41 Å². The molecule has 0 amide bonds. The van der Waals surface area contributed by atoms with Crippen LogP contribution in [0.25, 0.3) is 0 Å². The zero-order valence-corrected chi connectivity index (χ0v) is 8.11. The molecule has 0 saturated carbocycles. The molecule has 1 N–H and O–H groups in total. The second-order valence-corrected chi connectivity index (χ2v) is 3.94. The smallest absolute Gasteiger partial charge is 0.186 e. The highest BCUT2D eigenvalue weighted by Crippen LogP contribution is 2.20. The number of carbonyl (C=O) groups excluding carboxylic acids is 1. The summed E-state index contributed by atoms with van der Waals surface area (Å²) in [5, 5.41) is 12.7. The Labute approximate surface area is 77.2 Å². The molecule has 0 aromatic carbocycles. The van der Waals surface area contributed by atoms with Gasteiger partial charge >= 0.3 is 0 Å². The molecule has 1 heterocycles. The van der Waals surface area contributed by atoms with Crippen molar-refractivity contribution in [2.45, 2.75) is 27.5 Å². The Morgan fingerprint density at radius 1 is 1.62 bits per heavy atom. The fourth-order valence-corrected chi connectivity index (χ4v) is 1.02. The van der Waals surface area contributed by atoms with Crippen molar-refractivity contribution in [2.75, 3.05) is 0 Å². The Kier molecular flexibility index (Phi) is 2.52. The first kappa shape index (κ1) is 9.92. The summed E-state index contributed by atoms with van der Waals surface area (Å²) < 4.78 is 1.29. The van der Waals surface area contributed by atoms with E-state index in [1.165, 1.54) is 10.9 Å². The van der Waals surface area contributed by atoms with E-state index in [1.54, 1.807) is 6.07 Å². The van der Waals surface area contributed by atoms with Crippen LogP contribution >= 0.6 is 0 Å².